The number of likely N-dealkylation sites (N-methyl/N-ethyl adjacent to an activating group) is 1. The maximum atomic E-state index is 5.79. The summed E-state index contributed by atoms with van der Waals surface area (Å²) in [6.45, 7) is 3.96. The molecular weight excluding hydrogens is 188 g/mol. The lowest BCUT2D eigenvalue weighted by Crippen LogP contribution is -2.30. The zero-order valence-corrected chi connectivity index (χ0v) is 9.44. The molecule has 0 bridgehead atoms. The summed E-state index contributed by atoms with van der Waals surface area (Å²) in [4.78, 5) is 6.57. The maximum Gasteiger partial charge on any atom is 0.140 e. The average Bonchev–Trinajstić information content (AvgIpc) is 2.63. The minimum Gasteiger partial charge on any atom is -0.490 e. The number of aromatic nitrogens is 1. The quantitative estimate of drug-likeness (QED) is 0.755. The second kappa shape index (κ2) is 4.62. The molecule has 3 nitrogen and oxygen atoms in total. The van der Waals surface area contributed by atoms with Crippen LogP contribution in [0.3, 0.4) is 0 Å². The molecule has 0 unspecified atom stereocenters. The minimum atomic E-state index is 0.574. The minimum absolute atomic E-state index is 0.574. The molecule has 0 amide bonds. The molecule has 2 rings (SSSR count). The van der Waals surface area contributed by atoms with Crippen molar-refractivity contribution >= 4 is 0 Å². The number of rotatable bonds is 3. The van der Waals surface area contributed by atoms with Gasteiger partial charge in [-0.3, -0.25) is 4.98 Å². The molecule has 2 heterocycles. The normalized spacial score (nSPS) is 21.9. The molecule has 0 aromatic carbocycles. The van der Waals surface area contributed by atoms with Crippen molar-refractivity contribution in [3.63, 3.8) is 0 Å². The molecule has 82 valence electrons. The van der Waals surface area contributed by atoms with E-state index in [2.05, 4.69) is 16.9 Å². The van der Waals surface area contributed by atoms with Crippen LogP contribution in [0.25, 0.3) is 0 Å². The monoisotopic (exact) mass is 206 g/mol. The van der Waals surface area contributed by atoms with Crippen LogP contribution in [0.2, 0.25) is 0 Å². The number of nitrogens with zero attached hydrogens (tertiary/aromatic N) is 2. The molecule has 1 fully saturated rings. The van der Waals surface area contributed by atoms with E-state index in [9.17, 15) is 0 Å². The molecule has 3 heteroatoms. The van der Waals surface area contributed by atoms with Gasteiger partial charge in [-0.25, -0.2) is 0 Å². The SMILES string of the molecule is Cc1ncccc1OC[C@H]1CCCN1C. The fraction of sp³-hybridized carbons (Fsp3) is 0.583. The highest BCUT2D eigenvalue weighted by molar-refractivity contribution is 5.25. The fourth-order valence-electron chi connectivity index (χ4n) is 2.00. The smallest absolute Gasteiger partial charge is 0.140 e. The summed E-state index contributed by atoms with van der Waals surface area (Å²) in [5.74, 6) is 0.915. The first-order valence-electron chi connectivity index (χ1n) is 5.52. The average molecular weight is 206 g/mol. The van der Waals surface area contributed by atoms with Gasteiger partial charge in [-0.15, -0.1) is 0 Å². The number of likely N-dealkylation sites (tertiary alicyclic amines) is 1. The predicted octanol–water partition coefficient (Wildman–Crippen LogP) is 1.86. The standard InChI is InChI=1S/C12H18N2O/c1-10-12(6-3-7-13-10)15-9-11-5-4-8-14(11)2/h3,6-7,11H,4-5,8-9H2,1-2H3/t11-/m1/s1. The molecule has 1 atom stereocenters. The molecule has 0 radical (unpaired) electrons. The van der Waals surface area contributed by atoms with E-state index in [1.807, 2.05) is 19.1 Å². The second-order valence-electron chi connectivity index (χ2n) is 4.17. The van der Waals surface area contributed by atoms with Gasteiger partial charge in [-0.05, 0) is 45.5 Å². The van der Waals surface area contributed by atoms with Crippen LogP contribution in [0, 0.1) is 6.92 Å². The Morgan fingerprint density at radius 1 is 1.60 bits per heavy atom. The molecule has 1 aromatic rings. The summed E-state index contributed by atoms with van der Waals surface area (Å²) in [6.07, 6.45) is 4.33. The van der Waals surface area contributed by atoms with Crippen molar-refractivity contribution in [2.24, 2.45) is 0 Å². The van der Waals surface area contributed by atoms with Crippen LogP contribution in [0.15, 0.2) is 18.3 Å². The van der Waals surface area contributed by atoms with E-state index >= 15 is 0 Å². The topological polar surface area (TPSA) is 25.4 Å². The van der Waals surface area contributed by atoms with Crippen LogP contribution in [0.1, 0.15) is 18.5 Å². The molecule has 1 saturated heterocycles. The van der Waals surface area contributed by atoms with E-state index in [4.69, 9.17) is 4.74 Å². The summed E-state index contributed by atoms with van der Waals surface area (Å²) in [5, 5.41) is 0. The molecule has 0 spiro atoms. The fourth-order valence-corrected chi connectivity index (χ4v) is 2.00. The van der Waals surface area contributed by atoms with Crippen molar-refractivity contribution in [3.05, 3.63) is 24.0 Å². The Morgan fingerprint density at radius 2 is 2.47 bits per heavy atom. The Kier molecular flexibility index (Phi) is 3.21. The van der Waals surface area contributed by atoms with Crippen LogP contribution in [-0.4, -0.2) is 36.1 Å². The molecule has 1 aliphatic rings. The summed E-state index contributed by atoms with van der Waals surface area (Å²) in [7, 11) is 2.16. The van der Waals surface area contributed by atoms with Crippen LogP contribution in [0.5, 0.6) is 5.75 Å². The van der Waals surface area contributed by atoms with Crippen LogP contribution in [-0.2, 0) is 0 Å². The molecule has 0 aliphatic carbocycles. The molecule has 15 heavy (non-hydrogen) atoms. The van der Waals surface area contributed by atoms with E-state index in [1.165, 1.54) is 19.4 Å². The van der Waals surface area contributed by atoms with Gasteiger partial charge in [-0.2, -0.15) is 0 Å². The number of hydrogen-bond acceptors (Lipinski definition) is 3. The van der Waals surface area contributed by atoms with Gasteiger partial charge >= 0.3 is 0 Å². The van der Waals surface area contributed by atoms with Gasteiger partial charge in [0, 0.05) is 12.2 Å². The Labute approximate surface area is 91.1 Å². The van der Waals surface area contributed by atoms with E-state index < -0.39 is 0 Å². The Morgan fingerprint density at radius 3 is 3.13 bits per heavy atom. The summed E-state index contributed by atoms with van der Waals surface area (Å²) in [5.41, 5.74) is 0.971. The third kappa shape index (κ3) is 2.48. The molecule has 0 saturated carbocycles. The van der Waals surface area contributed by atoms with E-state index in [-0.39, 0.29) is 0 Å². The van der Waals surface area contributed by atoms with Crippen molar-refractivity contribution in [2.75, 3.05) is 20.2 Å². The van der Waals surface area contributed by atoms with Gasteiger partial charge in [-0.1, -0.05) is 0 Å². The van der Waals surface area contributed by atoms with E-state index in [0.717, 1.165) is 18.1 Å². The van der Waals surface area contributed by atoms with Crippen molar-refractivity contribution < 1.29 is 4.74 Å². The molecule has 1 aromatic heterocycles. The van der Waals surface area contributed by atoms with E-state index in [1.54, 1.807) is 6.20 Å². The highest BCUT2D eigenvalue weighted by atomic mass is 16.5. The van der Waals surface area contributed by atoms with Crippen molar-refractivity contribution in [1.82, 2.24) is 9.88 Å². The number of pyridine rings is 1. The highest BCUT2D eigenvalue weighted by Crippen LogP contribution is 2.18. The second-order valence-corrected chi connectivity index (χ2v) is 4.17. The third-order valence-electron chi connectivity index (χ3n) is 3.06. The van der Waals surface area contributed by atoms with Gasteiger partial charge in [0.15, 0.2) is 0 Å². The molecular formula is C12H18N2O. The maximum absolute atomic E-state index is 5.79. The van der Waals surface area contributed by atoms with Crippen LogP contribution in [0.4, 0.5) is 0 Å². The third-order valence-corrected chi connectivity index (χ3v) is 3.06. The van der Waals surface area contributed by atoms with Gasteiger partial charge in [0.1, 0.15) is 12.4 Å². The van der Waals surface area contributed by atoms with Gasteiger partial charge < -0.3 is 9.64 Å². The van der Waals surface area contributed by atoms with Crippen molar-refractivity contribution in [2.45, 2.75) is 25.8 Å². The predicted molar refractivity (Wildman–Crippen MR) is 60.1 cm³/mol. The van der Waals surface area contributed by atoms with Crippen LogP contribution < -0.4 is 4.74 Å². The first kappa shape index (κ1) is 10.4. The lowest BCUT2D eigenvalue weighted by Gasteiger charge is -2.19. The van der Waals surface area contributed by atoms with Gasteiger partial charge in [0.2, 0.25) is 0 Å². The lowest BCUT2D eigenvalue weighted by atomic mass is 10.2. The van der Waals surface area contributed by atoms with Crippen molar-refractivity contribution in [1.29, 1.82) is 0 Å². The first-order chi connectivity index (χ1) is 7.27. The lowest BCUT2D eigenvalue weighted by molar-refractivity contribution is 0.197. The summed E-state index contributed by atoms with van der Waals surface area (Å²) >= 11 is 0. The van der Waals surface area contributed by atoms with Gasteiger partial charge in [0.05, 0.1) is 5.69 Å². The Bertz CT molecular complexity index is 327. The van der Waals surface area contributed by atoms with Crippen molar-refractivity contribution in [3.8, 4) is 5.75 Å². The summed E-state index contributed by atoms with van der Waals surface area (Å²) in [6, 6.07) is 4.47. The summed E-state index contributed by atoms with van der Waals surface area (Å²) < 4.78 is 5.79. The van der Waals surface area contributed by atoms with Crippen LogP contribution >= 0.6 is 0 Å². The molecule has 1 aliphatic heterocycles. The first-order valence-corrected chi connectivity index (χ1v) is 5.52. The zero-order chi connectivity index (χ0) is 10.7. The highest BCUT2D eigenvalue weighted by Gasteiger charge is 2.21. The Hall–Kier alpha value is -1.09. The molecule has 0 N–H and O–H groups in total. The zero-order valence-electron chi connectivity index (χ0n) is 9.44. The number of ether oxygens (including phenoxy) is 1. The van der Waals surface area contributed by atoms with Gasteiger partial charge in [0.25, 0.3) is 0 Å². The largest absolute Gasteiger partial charge is 0.490 e. The number of hydrogen-bond donors (Lipinski definition) is 0. The number of aryl methyl sites for hydroxylation is 1. The Balaban J connectivity index is 1.90. The van der Waals surface area contributed by atoms with E-state index in [0.29, 0.717) is 6.04 Å².